The van der Waals surface area contributed by atoms with Crippen molar-refractivity contribution in [1.82, 2.24) is 4.90 Å². The maximum Gasteiger partial charge on any atom is 0.329 e. The van der Waals surface area contributed by atoms with E-state index in [2.05, 4.69) is 5.92 Å². The SMILES string of the molecule is C#C[C@@H]1/C=C/C=C/C=C(\C)C(OCC2COC2)C[C@@H]2CC[C@@H](C)[C@@](O)(O2)C(=O)C(=O)N2CCCCC2C(=O)O[C@H]([C@H](C)C[C@@H]2CC[C@@H](OCCO)[C@H](OC)C2)CC(=O)[C@H](C)/C=C(\C)[C@@H](O)CC(=O)[C@H](C)C1. The third-order valence-corrected chi connectivity index (χ3v) is 15.5. The van der Waals surface area contributed by atoms with Crippen LogP contribution >= 0.6 is 0 Å². The molecule has 4 aliphatic heterocycles. The first kappa shape index (κ1) is 58.0. The number of fused-ring (bicyclic) bond motifs is 3. The monoisotopic (exact) mass is 994 g/mol. The Morgan fingerprint density at radius 3 is 2.34 bits per heavy atom. The number of ether oxygens (including phenoxy) is 6. The Kier molecular flexibility index (Phi) is 22.9. The second-order valence-corrected chi connectivity index (χ2v) is 21.1. The zero-order chi connectivity index (χ0) is 51.8. The van der Waals surface area contributed by atoms with Crippen LogP contribution in [0.3, 0.4) is 0 Å². The number of hydrogen-bond acceptors (Lipinski definition) is 14. The second-order valence-electron chi connectivity index (χ2n) is 21.1. The van der Waals surface area contributed by atoms with Crippen LogP contribution in [0.1, 0.15) is 125 Å². The molecule has 0 aromatic carbocycles. The Morgan fingerprint density at radius 2 is 1.65 bits per heavy atom. The second kappa shape index (κ2) is 28.0. The predicted molar refractivity (Wildman–Crippen MR) is 266 cm³/mol. The molecule has 2 bridgehead atoms. The summed E-state index contributed by atoms with van der Waals surface area (Å²) in [6, 6.07) is -1.15. The number of methoxy groups -OCH3 is 1. The predicted octanol–water partition coefficient (Wildman–Crippen LogP) is 6.20. The van der Waals surface area contributed by atoms with E-state index in [1.165, 1.54) is 4.90 Å². The molecule has 15 nitrogen and oxygen atoms in total. The van der Waals surface area contributed by atoms with Crippen molar-refractivity contribution in [2.45, 2.75) is 173 Å². The van der Waals surface area contributed by atoms with E-state index in [0.29, 0.717) is 83.2 Å². The number of esters is 1. The number of ketones is 3. The van der Waals surface area contributed by atoms with Gasteiger partial charge in [-0.15, -0.1) is 6.42 Å². The Morgan fingerprint density at radius 1 is 0.887 bits per heavy atom. The molecule has 4 heterocycles. The normalized spacial score (nSPS) is 38.0. The summed E-state index contributed by atoms with van der Waals surface area (Å²) in [5.41, 5.74) is 1.33. The summed E-state index contributed by atoms with van der Waals surface area (Å²) in [7, 11) is 1.63. The van der Waals surface area contributed by atoms with Crippen molar-refractivity contribution < 1.29 is 67.7 Å². The third-order valence-electron chi connectivity index (χ3n) is 15.5. The van der Waals surface area contributed by atoms with Gasteiger partial charge in [0.25, 0.3) is 11.7 Å². The molecule has 396 valence electrons. The first-order valence-corrected chi connectivity index (χ1v) is 26.2. The highest BCUT2D eigenvalue weighted by atomic mass is 16.6. The van der Waals surface area contributed by atoms with Crippen LogP contribution < -0.4 is 0 Å². The van der Waals surface area contributed by atoms with E-state index in [4.69, 9.17) is 34.8 Å². The van der Waals surface area contributed by atoms with Crippen molar-refractivity contribution in [1.29, 1.82) is 0 Å². The topological polar surface area (TPSA) is 205 Å². The molecule has 0 aromatic rings. The Bertz CT molecular complexity index is 1970. The van der Waals surface area contributed by atoms with E-state index in [0.717, 1.165) is 12.0 Å². The summed E-state index contributed by atoms with van der Waals surface area (Å²) in [5.74, 6) is -5.23. The van der Waals surface area contributed by atoms with Crippen LogP contribution in [0.15, 0.2) is 47.6 Å². The number of aliphatic hydroxyl groups excluding tert-OH is 2. The standard InChI is InChI=1S/C56H83NO14/c1-9-41-16-12-10-11-15-35(2)50(69-34-43-32-67-33-43)29-44-20-18-40(7)56(65,71-44)53(62)54(63)57-22-14-13-17-45(57)55(64)70-51(39(6)27-42-19-21-49(68-24-23-58)52(28-42)66-8)31-48(61)37(4)25-36(3)46(59)30-47(60)38(5)26-41/h1,10-12,15-16,25,37-46,49-52,58-59,65H,13-14,17-24,26-34H2,2-8H3/b11-10+,16-12+,35-15+,36-25+/t37-,38-,39-,40-,41-,42+,44+,45?,46+,49-,50?,51+,52-,56-/m1/s1. The van der Waals surface area contributed by atoms with Crippen LogP contribution in [0, 0.1) is 53.8 Å². The number of cyclic esters (lactones) is 1. The molecule has 0 aromatic heterocycles. The lowest BCUT2D eigenvalue weighted by Crippen LogP contribution is -2.61. The molecule has 1 aliphatic carbocycles. The quantitative estimate of drug-likeness (QED) is 0.0966. The van der Waals surface area contributed by atoms with Crippen molar-refractivity contribution >= 4 is 29.2 Å². The Labute approximate surface area is 422 Å². The smallest absolute Gasteiger partial charge is 0.329 e. The molecular formula is C56H83NO14. The number of carbonyl (C=O) groups is 5. The van der Waals surface area contributed by atoms with Gasteiger partial charge in [-0.25, -0.2) is 4.79 Å². The van der Waals surface area contributed by atoms with Gasteiger partial charge in [-0.05, 0) is 101 Å². The molecule has 15 heteroatoms. The zero-order valence-corrected chi connectivity index (χ0v) is 43.3. The van der Waals surface area contributed by atoms with Gasteiger partial charge in [0, 0.05) is 62.5 Å². The van der Waals surface area contributed by atoms with E-state index in [-0.39, 0.29) is 86.5 Å². The number of hydrogen-bond donors (Lipinski definition) is 3. The fourth-order valence-corrected chi connectivity index (χ4v) is 10.6. The number of nitrogens with zero attached hydrogens (tertiary/aromatic N) is 1. The van der Waals surface area contributed by atoms with Crippen molar-refractivity contribution in [3.63, 3.8) is 0 Å². The zero-order valence-electron chi connectivity index (χ0n) is 43.3. The molecule has 4 fully saturated rings. The summed E-state index contributed by atoms with van der Waals surface area (Å²) in [5, 5.41) is 32.7. The molecule has 1 saturated carbocycles. The molecule has 0 spiro atoms. The summed E-state index contributed by atoms with van der Waals surface area (Å²) in [6.07, 6.45) is 18.6. The minimum Gasteiger partial charge on any atom is -0.460 e. The van der Waals surface area contributed by atoms with Gasteiger partial charge in [0.05, 0.1) is 63.6 Å². The van der Waals surface area contributed by atoms with Gasteiger partial charge < -0.3 is 48.6 Å². The van der Waals surface area contributed by atoms with Gasteiger partial charge in [-0.2, -0.15) is 0 Å². The van der Waals surface area contributed by atoms with Crippen molar-refractivity contribution in [2.75, 3.05) is 46.7 Å². The van der Waals surface area contributed by atoms with E-state index < -0.39 is 71.7 Å². The molecular weight excluding hydrogens is 911 g/mol. The van der Waals surface area contributed by atoms with Gasteiger partial charge >= 0.3 is 5.97 Å². The summed E-state index contributed by atoms with van der Waals surface area (Å²) in [4.78, 5) is 72.1. The minimum atomic E-state index is -2.46. The highest BCUT2D eigenvalue weighted by molar-refractivity contribution is 6.39. The average molecular weight is 994 g/mol. The van der Waals surface area contributed by atoms with Gasteiger partial charge in [-0.3, -0.25) is 19.2 Å². The number of terminal acetylenes is 1. The average Bonchev–Trinajstić information content (AvgIpc) is 3.34. The number of allylic oxidation sites excluding steroid dienone is 6. The molecule has 14 atom stereocenters. The molecule has 0 radical (unpaired) electrons. The molecule has 5 aliphatic rings. The van der Waals surface area contributed by atoms with Crippen molar-refractivity contribution in [3.05, 3.63) is 47.6 Å². The van der Waals surface area contributed by atoms with Crippen LogP contribution in [0.2, 0.25) is 0 Å². The fraction of sp³-hybridized carbons (Fsp3) is 0.732. The first-order valence-electron chi connectivity index (χ1n) is 26.2. The maximum absolute atomic E-state index is 14.5. The van der Waals surface area contributed by atoms with E-state index in [1.54, 1.807) is 40.9 Å². The Balaban J connectivity index is 1.45. The van der Waals surface area contributed by atoms with Gasteiger partial charge in [0.2, 0.25) is 5.79 Å². The van der Waals surface area contributed by atoms with E-state index in [1.807, 2.05) is 44.2 Å². The number of aliphatic hydroxyl groups is 3. The van der Waals surface area contributed by atoms with Crippen LogP contribution in [0.25, 0.3) is 0 Å². The fourth-order valence-electron chi connectivity index (χ4n) is 10.6. The van der Waals surface area contributed by atoms with Crippen LogP contribution in [0.5, 0.6) is 0 Å². The number of carbonyl (C=O) groups excluding carboxylic acids is 5. The number of Topliss-reactive ketones (excluding diaryl/α,β-unsaturated/α-hetero) is 3. The summed E-state index contributed by atoms with van der Waals surface area (Å²) in [6.45, 7) is 12.5. The molecule has 3 saturated heterocycles. The lowest BCUT2D eigenvalue weighted by atomic mass is 9.78. The minimum absolute atomic E-state index is 0.0823. The van der Waals surface area contributed by atoms with Gasteiger partial charge in [-0.1, -0.05) is 70.1 Å². The van der Waals surface area contributed by atoms with Gasteiger partial charge in [0.15, 0.2) is 0 Å². The number of amides is 1. The highest BCUT2D eigenvalue weighted by Crippen LogP contribution is 2.38. The third kappa shape index (κ3) is 16.3. The lowest BCUT2D eigenvalue weighted by Gasteiger charge is -2.43. The Hall–Kier alpha value is -3.85. The molecule has 5 rings (SSSR count). The van der Waals surface area contributed by atoms with Crippen molar-refractivity contribution in [2.24, 2.45) is 41.4 Å². The van der Waals surface area contributed by atoms with Crippen molar-refractivity contribution in [3.8, 4) is 12.3 Å². The van der Waals surface area contributed by atoms with Crippen LogP contribution in [-0.2, 0) is 52.4 Å². The summed E-state index contributed by atoms with van der Waals surface area (Å²) >= 11 is 0. The molecule has 2 unspecified atom stereocenters. The molecule has 3 N–H and O–H groups in total. The number of rotatable bonds is 10. The molecule has 71 heavy (non-hydrogen) atoms. The van der Waals surface area contributed by atoms with E-state index in [9.17, 15) is 39.3 Å². The maximum atomic E-state index is 14.5. The summed E-state index contributed by atoms with van der Waals surface area (Å²) < 4.78 is 36.1. The molecule has 1 amide bonds. The first-order chi connectivity index (χ1) is 33.9. The highest BCUT2D eigenvalue weighted by Gasteiger charge is 2.53. The van der Waals surface area contributed by atoms with Crippen LogP contribution in [-0.4, -0.2) is 145 Å². The van der Waals surface area contributed by atoms with E-state index >= 15 is 0 Å². The van der Waals surface area contributed by atoms with Gasteiger partial charge in [0.1, 0.15) is 23.7 Å². The lowest BCUT2D eigenvalue weighted by molar-refractivity contribution is -0.266. The largest absolute Gasteiger partial charge is 0.460 e. The number of piperidine rings is 1. The van der Waals surface area contributed by atoms with Crippen LogP contribution in [0.4, 0.5) is 0 Å².